The average molecular weight is 375 g/mol. The molecule has 2 aromatic rings. The van der Waals surface area contributed by atoms with Crippen molar-refractivity contribution in [2.75, 3.05) is 7.11 Å². The minimum absolute atomic E-state index is 0.0327. The number of hydrogen-bond acceptors (Lipinski definition) is 4. The number of para-hydroxylation sites is 1. The summed E-state index contributed by atoms with van der Waals surface area (Å²) in [4.78, 5) is 12.4. The highest BCUT2D eigenvalue weighted by molar-refractivity contribution is 5.81. The summed E-state index contributed by atoms with van der Waals surface area (Å²) in [5.74, 6) is 0.523. The van der Waals surface area contributed by atoms with Gasteiger partial charge >= 0.3 is 0 Å². The van der Waals surface area contributed by atoms with Gasteiger partial charge in [0.05, 0.1) is 13.2 Å². The monoisotopic (exact) mass is 375 g/mol. The van der Waals surface area contributed by atoms with Crippen molar-refractivity contribution in [2.24, 2.45) is 0 Å². The molecule has 0 heterocycles. The van der Waals surface area contributed by atoms with Crippen molar-refractivity contribution in [1.82, 2.24) is 5.32 Å². The summed E-state index contributed by atoms with van der Waals surface area (Å²) in [5, 5.41) is 2.82. The summed E-state index contributed by atoms with van der Waals surface area (Å²) in [6.07, 6.45) is -0.317. The van der Waals surface area contributed by atoms with E-state index in [9.17, 15) is 9.18 Å². The maximum absolute atomic E-state index is 13.7. The molecule has 2 rings (SSSR count). The number of rotatable bonds is 9. The molecule has 0 aliphatic rings. The lowest BCUT2D eigenvalue weighted by molar-refractivity contribution is -0.128. The number of amides is 1. The Labute approximate surface area is 159 Å². The van der Waals surface area contributed by atoms with Gasteiger partial charge in [-0.3, -0.25) is 4.79 Å². The summed E-state index contributed by atoms with van der Waals surface area (Å²) in [6, 6.07) is 11.5. The fourth-order valence-corrected chi connectivity index (χ4v) is 2.49. The lowest BCUT2D eigenvalue weighted by Gasteiger charge is -2.18. The predicted octanol–water partition coefficient (Wildman–Crippen LogP) is 4.10. The van der Waals surface area contributed by atoms with Gasteiger partial charge < -0.3 is 19.5 Å². The van der Waals surface area contributed by atoms with Gasteiger partial charge in [0.15, 0.2) is 29.2 Å². The highest BCUT2D eigenvalue weighted by atomic mass is 19.1. The molecule has 0 saturated carbocycles. The Morgan fingerprint density at radius 2 is 1.81 bits per heavy atom. The third-order valence-corrected chi connectivity index (χ3v) is 3.83. The first-order valence-electron chi connectivity index (χ1n) is 8.97. The SMILES string of the molecule is CC[C@@H](Oc1ccccc1F)C(=O)NCc1ccc(OC(C)C)c(OC)c1. The summed E-state index contributed by atoms with van der Waals surface area (Å²) < 4.78 is 30.3. The van der Waals surface area contributed by atoms with Crippen LogP contribution in [-0.2, 0) is 11.3 Å². The average Bonchev–Trinajstić information content (AvgIpc) is 2.65. The summed E-state index contributed by atoms with van der Waals surface area (Å²) in [5.41, 5.74) is 0.858. The third kappa shape index (κ3) is 5.88. The van der Waals surface area contributed by atoms with Gasteiger partial charge in [-0.1, -0.05) is 25.1 Å². The number of methoxy groups -OCH3 is 1. The molecule has 1 atom stereocenters. The zero-order valence-corrected chi connectivity index (χ0v) is 16.1. The quantitative estimate of drug-likeness (QED) is 0.717. The second-order valence-corrected chi connectivity index (χ2v) is 6.31. The molecule has 0 radical (unpaired) electrons. The van der Waals surface area contributed by atoms with Crippen LogP contribution in [0.1, 0.15) is 32.8 Å². The van der Waals surface area contributed by atoms with Gasteiger partial charge in [-0.25, -0.2) is 4.39 Å². The molecule has 0 bridgehead atoms. The Kier molecular flexibility index (Phi) is 7.46. The van der Waals surface area contributed by atoms with Crippen LogP contribution in [0, 0.1) is 5.82 Å². The first kappa shape index (κ1) is 20.6. The van der Waals surface area contributed by atoms with E-state index in [-0.39, 0.29) is 17.8 Å². The number of carbonyl (C=O) groups excluding carboxylic acids is 1. The van der Waals surface area contributed by atoms with Crippen molar-refractivity contribution >= 4 is 5.91 Å². The standard InChI is InChI=1S/C21H26FNO4/c1-5-17(27-18-9-7-6-8-16(18)22)21(24)23-13-15-10-11-19(26-14(2)3)20(12-15)25-4/h6-12,14,17H,5,13H2,1-4H3,(H,23,24)/t17-/m1/s1. The molecule has 6 heteroatoms. The maximum Gasteiger partial charge on any atom is 0.261 e. The molecule has 1 amide bonds. The molecule has 0 aliphatic carbocycles. The summed E-state index contributed by atoms with van der Waals surface area (Å²) >= 11 is 0. The Hall–Kier alpha value is -2.76. The Morgan fingerprint density at radius 1 is 1.07 bits per heavy atom. The van der Waals surface area contributed by atoms with Crippen molar-refractivity contribution in [3.05, 3.63) is 53.8 Å². The predicted molar refractivity (Wildman–Crippen MR) is 102 cm³/mol. The van der Waals surface area contributed by atoms with Gasteiger partial charge in [0.2, 0.25) is 0 Å². The zero-order chi connectivity index (χ0) is 19.8. The number of nitrogens with one attached hydrogen (secondary N) is 1. The molecule has 5 nitrogen and oxygen atoms in total. The molecular formula is C21H26FNO4. The Morgan fingerprint density at radius 3 is 2.44 bits per heavy atom. The Balaban J connectivity index is 2.00. The van der Waals surface area contributed by atoms with Crippen molar-refractivity contribution in [3.8, 4) is 17.2 Å². The third-order valence-electron chi connectivity index (χ3n) is 3.83. The Bertz CT molecular complexity index is 764. The number of halogens is 1. The highest BCUT2D eigenvalue weighted by Gasteiger charge is 2.19. The van der Waals surface area contributed by atoms with Crippen LogP contribution in [0.5, 0.6) is 17.2 Å². The van der Waals surface area contributed by atoms with Crippen LogP contribution in [-0.4, -0.2) is 25.2 Å². The second-order valence-electron chi connectivity index (χ2n) is 6.31. The van der Waals surface area contributed by atoms with E-state index < -0.39 is 11.9 Å². The van der Waals surface area contributed by atoms with E-state index >= 15 is 0 Å². The minimum Gasteiger partial charge on any atom is -0.493 e. The molecule has 0 fully saturated rings. The fraction of sp³-hybridized carbons (Fsp3) is 0.381. The van der Waals surface area contributed by atoms with E-state index in [0.717, 1.165) is 5.56 Å². The van der Waals surface area contributed by atoms with Crippen molar-refractivity contribution < 1.29 is 23.4 Å². The van der Waals surface area contributed by atoms with Gasteiger partial charge in [-0.05, 0) is 50.1 Å². The van der Waals surface area contributed by atoms with E-state index in [0.29, 0.717) is 24.5 Å². The number of carbonyl (C=O) groups is 1. The van der Waals surface area contributed by atoms with Gasteiger partial charge in [0.25, 0.3) is 5.91 Å². The first-order chi connectivity index (χ1) is 12.9. The molecule has 1 N–H and O–H groups in total. The van der Waals surface area contributed by atoms with E-state index in [1.54, 1.807) is 19.2 Å². The molecule has 0 aliphatic heterocycles. The van der Waals surface area contributed by atoms with Gasteiger partial charge in [0, 0.05) is 6.54 Å². The van der Waals surface area contributed by atoms with Crippen LogP contribution in [0.3, 0.4) is 0 Å². The zero-order valence-electron chi connectivity index (χ0n) is 16.1. The molecular weight excluding hydrogens is 349 g/mol. The number of hydrogen-bond donors (Lipinski definition) is 1. The molecule has 146 valence electrons. The van der Waals surface area contributed by atoms with E-state index in [1.807, 2.05) is 39.0 Å². The minimum atomic E-state index is -0.771. The van der Waals surface area contributed by atoms with Gasteiger partial charge in [0.1, 0.15) is 0 Å². The topological polar surface area (TPSA) is 56.8 Å². The van der Waals surface area contributed by atoms with Crippen LogP contribution in [0.15, 0.2) is 42.5 Å². The van der Waals surface area contributed by atoms with E-state index in [4.69, 9.17) is 14.2 Å². The second kappa shape index (κ2) is 9.80. The number of ether oxygens (including phenoxy) is 3. The number of benzene rings is 2. The van der Waals surface area contributed by atoms with Crippen LogP contribution in [0.4, 0.5) is 4.39 Å². The lowest BCUT2D eigenvalue weighted by atomic mass is 10.2. The molecule has 0 spiro atoms. The lowest BCUT2D eigenvalue weighted by Crippen LogP contribution is -2.37. The van der Waals surface area contributed by atoms with E-state index in [2.05, 4.69) is 5.32 Å². The highest BCUT2D eigenvalue weighted by Crippen LogP contribution is 2.29. The fourth-order valence-electron chi connectivity index (χ4n) is 2.49. The van der Waals surface area contributed by atoms with Crippen LogP contribution < -0.4 is 19.5 Å². The van der Waals surface area contributed by atoms with Crippen molar-refractivity contribution in [3.63, 3.8) is 0 Å². The van der Waals surface area contributed by atoms with Crippen LogP contribution in [0.25, 0.3) is 0 Å². The van der Waals surface area contributed by atoms with E-state index in [1.165, 1.54) is 12.1 Å². The van der Waals surface area contributed by atoms with Crippen LogP contribution >= 0.6 is 0 Å². The van der Waals surface area contributed by atoms with Crippen molar-refractivity contribution in [2.45, 2.75) is 45.9 Å². The summed E-state index contributed by atoms with van der Waals surface area (Å²) in [7, 11) is 1.57. The van der Waals surface area contributed by atoms with Gasteiger partial charge in [-0.2, -0.15) is 0 Å². The maximum atomic E-state index is 13.7. The molecule has 27 heavy (non-hydrogen) atoms. The molecule has 0 unspecified atom stereocenters. The molecule has 0 aromatic heterocycles. The molecule has 0 saturated heterocycles. The molecule has 2 aromatic carbocycles. The first-order valence-corrected chi connectivity index (χ1v) is 8.97. The normalized spacial score (nSPS) is 11.8. The van der Waals surface area contributed by atoms with Crippen LogP contribution in [0.2, 0.25) is 0 Å². The van der Waals surface area contributed by atoms with Gasteiger partial charge in [-0.15, -0.1) is 0 Å². The smallest absolute Gasteiger partial charge is 0.261 e. The largest absolute Gasteiger partial charge is 0.493 e. The van der Waals surface area contributed by atoms with Crippen molar-refractivity contribution in [1.29, 1.82) is 0 Å². The summed E-state index contributed by atoms with van der Waals surface area (Å²) in [6.45, 7) is 5.99.